The van der Waals surface area contributed by atoms with E-state index in [-0.39, 0.29) is 0 Å². The van der Waals surface area contributed by atoms with E-state index in [0.717, 1.165) is 70.2 Å². The molecule has 0 aliphatic carbocycles. The minimum Gasteiger partial charge on any atom is -0.493 e. The molecule has 0 saturated carbocycles. The number of unbranched alkanes of at least 4 members (excludes halogenated alkanes) is 10. The zero-order chi connectivity index (χ0) is 42.0. The van der Waals surface area contributed by atoms with Gasteiger partial charge in [0.1, 0.15) is 11.5 Å². The van der Waals surface area contributed by atoms with Crippen molar-refractivity contribution in [3.63, 3.8) is 0 Å². The first-order valence-electron chi connectivity index (χ1n) is 21.9. The molecule has 0 saturated heterocycles. The summed E-state index contributed by atoms with van der Waals surface area (Å²) >= 11 is 0. The van der Waals surface area contributed by atoms with Crippen molar-refractivity contribution in [1.82, 2.24) is 0 Å². The van der Waals surface area contributed by atoms with Crippen molar-refractivity contribution in [2.45, 2.75) is 90.9 Å². The third-order valence-electron chi connectivity index (χ3n) is 10.5. The number of rotatable bonds is 24. The molecule has 4 heteroatoms. The first-order chi connectivity index (χ1) is 29.6. The molecular formula is C56H60N2O2. The molecule has 0 radical (unpaired) electrons. The average molecular weight is 793 g/mol. The van der Waals surface area contributed by atoms with Crippen LogP contribution in [0.5, 0.6) is 11.5 Å². The van der Waals surface area contributed by atoms with Crippen molar-refractivity contribution in [3.8, 4) is 23.6 Å². The van der Waals surface area contributed by atoms with Crippen molar-refractivity contribution < 1.29 is 9.47 Å². The maximum Gasteiger partial charge on any atom is 0.127 e. The van der Waals surface area contributed by atoms with Gasteiger partial charge in [0.05, 0.1) is 36.5 Å². The maximum absolute atomic E-state index is 10.5. The van der Waals surface area contributed by atoms with Crippen molar-refractivity contribution in [3.05, 3.63) is 166 Å². The molecule has 0 spiro atoms. The van der Waals surface area contributed by atoms with E-state index in [0.29, 0.717) is 35.9 Å². The van der Waals surface area contributed by atoms with E-state index in [1.165, 1.54) is 51.4 Å². The van der Waals surface area contributed by atoms with E-state index in [1.807, 2.05) is 109 Å². The molecule has 5 aromatic carbocycles. The lowest BCUT2D eigenvalue weighted by Gasteiger charge is -2.16. The van der Waals surface area contributed by atoms with E-state index in [2.05, 4.69) is 74.6 Å². The smallest absolute Gasteiger partial charge is 0.127 e. The predicted octanol–water partition coefficient (Wildman–Crippen LogP) is 15.6. The van der Waals surface area contributed by atoms with Gasteiger partial charge in [-0.2, -0.15) is 10.5 Å². The highest BCUT2D eigenvalue weighted by Gasteiger charge is 2.14. The molecule has 0 amide bonds. The Bertz CT molecular complexity index is 2070. The predicted molar refractivity (Wildman–Crippen MR) is 255 cm³/mol. The lowest BCUT2D eigenvalue weighted by Crippen LogP contribution is -2.03. The van der Waals surface area contributed by atoms with E-state index in [1.54, 1.807) is 0 Å². The van der Waals surface area contributed by atoms with Crippen LogP contribution in [0, 0.1) is 22.7 Å². The van der Waals surface area contributed by atoms with Gasteiger partial charge in [0, 0.05) is 11.1 Å². The fourth-order valence-corrected chi connectivity index (χ4v) is 6.93. The van der Waals surface area contributed by atoms with Crippen LogP contribution in [0.3, 0.4) is 0 Å². The Labute approximate surface area is 359 Å². The molecule has 0 aliphatic heterocycles. The topological polar surface area (TPSA) is 66.0 Å². The van der Waals surface area contributed by atoms with Crippen LogP contribution < -0.4 is 9.47 Å². The van der Waals surface area contributed by atoms with Gasteiger partial charge in [-0.05, 0) is 70.5 Å². The summed E-state index contributed by atoms with van der Waals surface area (Å²) < 4.78 is 13.1. The van der Waals surface area contributed by atoms with Gasteiger partial charge >= 0.3 is 0 Å². The molecule has 0 aliphatic rings. The molecule has 5 rings (SSSR count). The third-order valence-corrected chi connectivity index (χ3v) is 10.5. The highest BCUT2D eigenvalue weighted by molar-refractivity contribution is 5.94. The summed E-state index contributed by atoms with van der Waals surface area (Å²) in [6.07, 6.45) is 26.0. The van der Waals surface area contributed by atoms with Gasteiger partial charge < -0.3 is 9.47 Å². The quantitative estimate of drug-likeness (QED) is 0.0355. The second-order valence-corrected chi connectivity index (χ2v) is 15.2. The highest BCUT2D eigenvalue weighted by atomic mass is 16.5. The minimum absolute atomic E-state index is 0.530. The average Bonchev–Trinajstić information content (AvgIpc) is 3.29. The Balaban J connectivity index is 1.48. The fourth-order valence-electron chi connectivity index (χ4n) is 6.93. The molecule has 4 nitrogen and oxygen atoms in total. The van der Waals surface area contributed by atoms with Crippen LogP contribution >= 0.6 is 0 Å². The molecule has 0 heterocycles. The summed E-state index contributed by atoms with van der Waals surface area (Å²) in [6.45, 7) is 5.58. The van der Waals surface area contributed by atoms with Gasteiger partial charge in [-0.25, -0.2) is 0 Å². The second-order valence-electron chi connectivity index (χ2n) is 15.2. The molecule has 0 unspecified atom stereocenters. The molecule has 0 atom stereocenters. The van der Waals surface area contributed by atoms with Crippen molar-refractivity contribution in [1.29, 1.82) is 10.5 Å². The SMILES string of the molecule is CCCCCCCCOc1cc(/C=C(\C#N)c2ccc(/C=C/c3ccccc3)cc2)c(OCCCCCCCC)cc1/C=C(\C#N)c1ccc(/C=C/c2ccccc2)cc1. The molecule has 0 bridgehead atoms. The normalized spacial score (nSPS) is 11.8. The van der Waals surface area contributed by atoms with Gasteiger partial charge in [0.25, 0.3) is 0 Å². The van der Waals surface area contributed by atoms with Gasteiger partial charge in [0.15, 0.2) is 0 Å². The van der Waals surface area contributed by atoms with Crippen LogP contribution in [-0.2, 0) is 0 Å². The Morgan fingerprint density at radius 3 is 1.12 bits per heavy atom. The van der Waals surface area contributed by atoms with Crippen molar-refractivity contribution >= 4 is 47.6 Å². The molecule has 306 valence electrons. The van der Waals surface area contributed by atoms with Crippen LogP contribution in [-0.4, -0.2) is 13.2 Å². The second kappa shape index (κ2) is 25.9. The van der Waals surface area contributed by atoms with E-state index in [9.17, 15) is 10.5 Å². The third kappa shape index (κ3) is 15.1. The zero-order valence-electron chi connectivity index (χ0n) is 35.6. The monoisotopic (exact) mass is 792 g/mol. The largest absolute Gasteiger partial charge is 0.493 e. The van der Waals surface area contributed by atoms with E-state index in [4.69, 9.17) is 9.47 Å². The summed E-state index contributed by atoms with van der Waals surface area (Å²) in [6, 6.07) is 45.4. The van der Waals surface area contributed by atoms with Gasteiger partial charge in [0.2, 0.25) is 0 Å². The minimum atomic E-state index is 0.530. The van der Waals surface area contributed by atoms with Crippen LogP contribution in [0.15, 0.2) is 121 Å². The number of nitrogens with zero attached hydrogens (tertiary/aromatic N) is 2. The number of ether oxygens (including phenoxy) is 2. The molecule has 0 fully saturated rings. The summed E-state index contributed by atoms with van der Waals surface area (Å²) in [4.78, 5) is 0. The summed E-state index contributed by atoms with van der Waals surface area (Å²) in [5.74, 6) is 1.33. The summed E-state index contributed by atoms with van der Waals surface area (Å²) in [5.41, 5.74) is 8.62. The fraction of sp³-hybridized carbons (Fsp3) is 0.286. The number of allylic oxidation sites excluding steroid dienone is 2. The van der Waals surface area contributed by atoms with Crippen LogP contribution in [0.4, 0.5) is 0 Å². The van der Waals surface area contributed by atoms with Crippen molar-refractivity contribution in [2.75, 3.05) is 13.2 Å². The Kier molecular flexibility index (Phi) is 19.3. The number of hydrogen-bond donors (Lipinski definition) is 0. The van der Waals surface area contributed by atoms with E-state index >= 15 is 0 Å². The summed E-state index contributed by atoms with van der Waals surface area (Å²) in [5, 5.41) is 21.0. The highest BCUT2D eigenvalue weighted by Crippen LogP contribution is 2.35. The molecule has 5 aromatic rings. The van der Waals surface area contributed by atoms with Crippen LogP contribution in [0.25, 0.3) is 47.6 Å². The Morgan fingerprint density at radius 1 is 0.433 bits per heavy atom. The van der Waals surface area contributed by atoms with Gasteiger partial charge in [-0.1, -0.05) is 212 Å². The number of benzene rings is 5. The lowest BCUT2D eigenvalue weighted by atomic mass is 9.98. The van der Waals surface area contributed by atoms with Gasteiger partial charge in [-0.3, -0.25) is 0 Å². The van der Waals surface area contributed by atoms with Crippen LogP contribution in [0.2, 0.25) is 0 Å². The lowest BCUT2D eigenvalue weighted by molar-refractivity contribution is 0.295. The van der Waals surface area contributed by atoms with Gasteiger partial charge in [-0.15, -0.1) is 0 Å². The zero-order valence-corrected chi connectivity index (χ0v) is 35.6. The Hall–Kier alpha value is -6.36. The summed E-state index contributed by atoms with van der Waals surface area (Å²) in [7, 11) is 0. The van der Waals surface area contributed by atoms with Crippen LogP contribution in [0.1, 0.15) is 135 Å². The molecular weight excluding hydrogens is 733 g/mol. The first-order valence-corrected chi connectivity index (χ1v) is 21.9. The van der Waals surface area contributed by atoms with Crippen molar-refractivity contribution in [2.24, 2.45) is 0 Å². The number of nitriles is 2. The standard InChI is InChI=1S/C56H60N2O2/c1-3-5-7-9-11-19-37-59-55-41-52(40-54(44-58)50-35-31-48(32-36-50)28-26-46-23-17-14-18-24-46)56(60-38-20-12-10-8-6-4-2)42-51(55)39-53(43-57)49-33-29-47(30-34-49)27-25-45-21-15-13-16-22-45/h13-18,21-36,39-42H,3-12,19-20,37-38H2,1-2H3/b27-25+,28-26+,53-39+,54-40+. The maximum atomic E-state index is 10.5. The molecule has 0 aromatic heterocycles. The van der Waals surface area contributed by atoms with E-state index < -0.39 is 0 Å². The molecule has 60 heavy (non-hydrogen) atoms. The first kappa shape index (κ1) is 44.7. The molecule has 0 N–H and O–H groups in total. The Morgan fingerprint density at radius 2 is 0.767 bits per heavy atom. The number of hydrogen-bond acceptors (Lipinski definition) is 4.